The summed E-state index contributed by atoms with van der Waals surface area (Å²) in [5.74, 6) is 0. The molecule has 362 valence electrons. The van der Waals surface area contributed by atoms with Crippen LogP contribution in [0.25, 0.3) is 132 Å². The zero-order valence-corrected chi connectivity index (χ0v) is 42.2. The fraction of sp³-hybridized carbons (Fsp3) is 0.0135. The lowest BCUT2D eigenvalue weighted by atomic mass is 9.67. The van der Waals surface area contributed by atoms with Crippen molar-refractivity contribution in [3.63, 3.8) is 0 Å². The van der Waals surface area contributed by atoms with Gasteiger partial charge in [0, 0.05) is 59.7 Å². The Hall–Kier alpha value is -10.3. The second kappa shape index (κ2) is 16.4. The lowest BCUT2D eigenvalue weighted by molar-refractivity contribution is 0.666. The molecule has 4 aromatic heterocycles. The van der Waals surface area contributed by atoms with Gasteiger partial charge in [-0.05, 0) is 117 Å². The Labute approximate surface area is 448 Å². The molecule has 0 saturated heterocycles. The van der Waals surface area contributed by atoms with Gasteiger partial charge in [-0.1, -0.05) is 200 Å². The van der Waals surface area contributed by atoms with Crippen LogP contribution < -0.4 is 0 Å². The normalized spacial score (nSPS) is 13.0. The van der Waals surface area contributed by atoms with Crippen molar-refractivity contribution in [1.82, 2.24) is 14.1 Å². The van der Waals surface area contributed by atoms with Gasteiger partial charge in [-0.3, -0.25) is 0 Å². The first-order chi connectivity index (χ1) is 38.7. The van der Waals surface area contributed by atoms with Gasteiger partial charge < -0.3 is 13.6 Å². The van der Waals surface area contributed by atoms with E-state index >= 15 is 0 Å². The van der Waals surface area contributed by atoms with E-state index in [0.29, 0.717) is 0 Å². The van der Waals surface area contributed by atoms with Crippen LogP contribution in [0, 0.1) is 0 Å². The SMILES string of the molecule is c1ccc(-n2c3ccccc3c3cc(-c4ccc5c(c4)c4ccccc4n5-c4cc5c(-c6ccc7c(c6)C(c6ccccc6)(c6ccccc6)c6ccccc6-7)nc6ccccc6c5c5c4oc4ccccc45)ccc32)cc1. The summed E-state index contributed by atoms with van der Waals surface area (Å²) in [6.07, 6.45) is 0. The molecule has 0 aliphatic heterocycles. The fourth-order valence-corrected chi connectivity index (χ4v) is 13.7. The van der Waals surface area contributed by atoms with Crippen molar-refractivity contribution in [3.8, 4) is 44.9 Å². The molecule has 78 heavy (non-hydrogen) atoms. The van der Waals surface area contributed by atoms with Crippen molar-refractivity contribution >= 4 is 87.2 Å². The summed E-state index contributed by atoms with van der Waals surface area (Å²) in [4.78, 5) is 5.72. The van der Waals surface area contributed by atoms with Crippen molar-refractivity contribution in [2.24, 2.45) is 0 Å². The molecule has 1 aliphatic carbocycles. The largest absolute Gasteiger partial charge is 0.454 e. The Morgan fingerprint density at radius 2 is 0.859 bits per heavy atom. The first-order valence-corrected chi connectivity index (χ1v) is 26.9. The molecule has 0 saturated carbocycles. The predicted molar refractivity (Wildman–Crippen MR) is 323 cm³/mol. The van der Waals surface area contributed by atoms with Crippen LogP contribution in [0.1, 0.15) is 22.3 Å². The van der Waals surface area contributed by atoms with Gasteiger partial charge in [0.15, 0.2) is 5.58 Å². The third-order valence-electron chi connectivity index (χ3n) is 17.0. The van der Waals surface area contributed by atoms with E-state index in [-0.39, 0.29) is 0 Å². The molecule has 0 atom stereocenters. The number of aromatic nitrogens is 3. The lowest BCUT2D eigenvalue weighted by Gasteiger charge is -2.34. The van der Waals surface area contributed by atoms with Crippen molar-refractivity contribution in [1.29, 1.82) is 0 Å². The number of pyridine rings is 1. The maximum atomic E-state index is 7.19. The van der Waals surface area contributed by atoms with Gasteiger partial charge in [0.25, 0.3) is 0 Å². The predicted octanol–water partition coefficient (Wildman–Crippen LogP) is 19.2. The molecule has 4 nitrogen and oxygen atoms in total. The maximum Gasteiger partial charge on any atom is 0.160 e. The van der Waals surface area contributed by atoms with E-state index in [1.807, 2.05) is 0 Å². The van der Waals surface area contributed by atoms with E-state index in [2.05, 4.69) is 282 Å². The van der Waals surface area contributed by atoms with Gasteiger partial charge in [0.2, 0.25) is 0 Å². The van der Waals surface area contributed by atoms with Gasteiger partial charge in [-0.2, -0.15) is 0 Å². The fourth-order valence-electron chi connectivity index (χ4n) is 13.7. The van der Waals surface area contributed by atoms with Gasteiger partial charge in [0.05, 0.1) is 44.4 Å². The van der Waals surface area contributed by atoms with E-state index in [4.69, 9.17) is 9.40 Å². The minimum Gasteiger partial charge on any atom is -0.454 e. The summed E-state index contributed by atoms with van der Waals surface area (Å²) < 4.78 is 12.0. The summed E-state index contributed by atoms with van der Waals surface area (Å²) in [7, 11) is 0. The molecule has 1 aliphatic rings. The average molecular weight is 992 g/mol. The summed E-state index contributed by atoms with van der Waals surface area (Å²) >= 11 is 0. The van der Waals surface area contributed by atoms with E-state index in [1.54, 1.807) is 0 Å². The van der Waals surface area contributed by atoms with E-state index < -0.39 is 5.41 Å². The molecule has 0 unspecified atom stereocenters. The number of nitrogens with zero attached hydrogens (tertiary/aromatic N) is 3. The molecular weight excluding hydrogens is 947 g/mol. The molecule has 0 bridgehead atoms. The molecule has 12 aromatic carbocycles. The third kappa shape index (κ3) is 5.91. The van der Waals surface area contributed by atoms with Crippen LogP contribution in [-0.4, -0.2) is 14.1 Å². The minimum absolute atomic E-state index is 0.565. The number of hydrogen-bond donors (Lipinski definition) is 0. The Morgan fingerprint density at radius 3 is 1.56 bits per heavy atom. The Kier molecular flexibility index (Phi) is 9.02. The number of benzene rings is 12. The number of rotatable bonds is 6. The number of furan rings is 1. The van der Waals surface area contributed by atoms with Gasteiger partial charge in [-0.25, -0.2) is 4.98 Å². The summed E-state index contributed by atoms with van der Waals surface area (Å²) in [6.45, 7) is 0. The maximum absolute atomic E-state index is 7.19. The van der Waals surface area contributed by atoms with Crippen molar-refractivity contribution < 1.29 is 4.42 Å². The van der Waals surface area contributed by atoms with Crippen molar-refractivity contribution in [2.45, 2.75) is 5.41 Å². The topological polar surface area (TPSA) is 35.9 Å². The first kappa shape index (κ1) is 43.0. The highest BCUT2D eigenvalue weighted by atomic mass is 16.3. The summed E-state index contributed by atoms with van der Waals surface area (Å²) in [5.41, 5.74) is 20.6. The monoisotopic (exact) mass is 991 g/mol. The molecule has 0 N–H and O–H groups in total. The van der Waals surface area contributed by atoms with E-state index in [9.17, 15) is 0 Å². The van der Waals surface area contributed by atoms with Gasteiger partial charge >= 0.3 is 0 Å². The first-order valence-electron chi connectivity index (χ1n) is 26.9. The highest BCUT2D eigenvalue weighted by Gasteiger charge is 2.46. The van der Waals surface area contributed by atoms with Crippen LogP contribution >= 0.6 is 0 Å². The van der Waals surface area contributed by atoms with Gasteiger partial charge in [-0.15, -0.1) is 0 Å². The van der Waals surface area contributed by atoms with Crippen molar-refractivity contribution in [2.75, 3.05) is 0 Å². The zero-order valence-electron chi connectivity index (χ0n) is 42.2. The molecule has 4 heteroatoms. The number of hydrogen-bond acceptors (Lipinski definition) is 2. The second-order valence-electron chi connectivity index (χ2n) is 20.9. The molecule has 16 aromatic rings. The van der Waals surface area contributed by atoms with Crippen LogP contribution in [-0.2, 0) is 5.41 Å². The van der Waals surface area contributed by atoms with Crippen LogP contribution in [0.15, 0.2) is 277 Å². The Bertz CT molecular complexity index is 5100. The quantitative estimate of drug-likeness (QED) is 0.156. The smallest absolute Gasteiger partial charge is 0.160 e. The van der Waals surface area contributed by atoms with Crippen molar-refractivity contribution in [3.05, 3.63) is 295 Å². The Balaban J connectivity index is 0.931. The summed E-state index contributed by atoms with van der Waals surface area (Å²) in [6, 6.07) is 99.9. The minimum atomic E-state index is -0.565. The lowest BCUT2D eigenvalue weighted by Crippen LogP contribution is -2.28. The summed E-state index contributed by atoms with van der Waals surface area (Å²) in [5, 5.41) is 10.3. The number of para-hydroxylation sites is 5. The zero-order chi connectivity index (χ0) is 51.1. The van der Waals surface area contributed by atoms with E-state index in [0.717, 1.165) is 82.8 Å². The van der Waals surface area contributed by atoms with Crippen LogP contribution in [0.4, 0.5) is 0 Å². The molecular formula is C74H45N3O. The molecule has 17 rings (SSSR count). The standard InChI is InChI=1S/C74H45N3O/c1-4-20-49(21-5-1)74(50-22-6-2-7-23-50)61-31-15-10-26-52(61)53-39-36-48(44-62(53)74)72-60-45-68(73-71(57-30-14-19-35-69(57)78-73)70(60)56-29-11-16-32-63(56)75-72)77-65-34-18-13-28-55(65)59-43-47(38-41-67(59)77)46-37-40-66-58(42-46)54-27-12-17-33-64(54)76(66)51-24-8-3-9-25-51/h1-45H. The highest BCUT2D eigenvalue weighted by Crippen LogP contribution is 2.57. The van der Waals surface area contributed by atoms with Crippen LogP contribution in [0.2, 0.25) is 0 Å². The number of fused-ring (bicyclic) bond motifs is 16. The second-order valence-corrected chi connectivity index (χ2v) is 20.9. The molecule has 0 amide bonds. The average Bonchev–Trinajstić information content (AvgIpc) is 4.08. The molecule has 0 radical (unpaired) electrons. The van der Waals surface area contributed by atoms with Gasteiger partial charge in [0.1, 0.15) is 5.58 Å². The molecule has 0 spiro atoms. The highest BCUT2D eigenvalue weighted by molar-refractivity contribution is 6.30. The third-order valence-corrected chi connectivity index (χ3v) is 17.0. The van der Waals surface area contributed by atoms with E-state index in [1.165, 1.54) is 71.5 Å². The van der Waals surface area contributed by atoms with Crippen LogP contribution in [0.3, 0.4) is 0 Å². The molecule has 4 heterocycles. The Morgan fingerprint density at radius 1 is 0.333 bits per heavy atom. The molecule has 0 fully saturated rings. The van der Waals surface area contributed by atoms with Crippen LogP contribution in [0.5, 0.6) is 0 Å².